The predicted molar refractivity (Wildman–Crippen MR) is 160 cm³/mol. The summed E-state index contributed by atoms with van der Waals surface area (Å²) < 4.78 is 43.6. The lowest BCUT2D eigenvalue weighted by atomic mass is 9.94. The molecule has 0 amide bonds. The van der Waals surface area contributed by atoms with E-state index in [1.165, 1.54) is 7.11 Å². The Labute approximate surface area is 247 Å². The molecular weight excluding hydrogens is 568 g/mol. The highest BCUT2D eigenvalue weighted by Crippen LogP contribution is 2.42. The second-order valence-electron chi connectivity index (χ2n) is 10.9. The normalized spacial score (nSPS) is 18.2. The Morgan fingerprint density at radius 3 is 2.41 bits per heavy atom. The number of methoxy groups -OCH3 is 2. The molecule has 2 unspecified atom stereocenters. The van der Waals surface area contributed by atoms with Crippen LogP contribution in [0.2, 0.25) is 5.02 Å². The SMILES string of the molecule is COCCN(CC1CC1C)c1cc(-c2nnc([C@](C)(N)Cc3ccccc3)o2)c(Cl)c(N(CCOC)S(C)(=O)=O)n1. The number of rotatable bonds is 15. The van der Waals surface area contributed by atoms with Gasteiger partial charge < -0.3 is 24.5 Å². The lowest BCUT2D eigenvalue weighted by Crippen LogP contribution is -2.36. The number of ether oxygens (including phenoxy) is 2. The molecule has 0 radical (unpaired) electrons. The molecule has 0 saturated heterocycles. The van der Waals surface area contributed by atoms with Gasteiger partial charge in [0.2, 0.25) is 21.8 Å². The van der Waals surface area contributed by atoms with E-state index in [0.717, 1.165) is 29.1 Å². The van der Waals surface area contributed by atoms with Crippen LogP contribution in [-0.4, -0.2) is 76.9 Å². The average molecular weight is 607 g/mol. The van der Waals surface area contributed by atoms with Gasteiger partial charge in [-0.3, -0.25) is 4.31 Å². The van der Waals surface area contributed by atoms with Crippen molar-refractivity contribution in [3.63, 3.8) is 0 Å². The van der Waals surface area contributed by atoms with Crippen LogP contribution < -0.4 is 14.9 Å². The Morgan fingerprint density at radius 1 is 1.15 bits per heavy atom. The molecule has 1 saturated carbocycles. The van der Waals surface area contributed by atoms with Crippen LogP contribution in [0.25, 0.3) is 11.5 Å². The van der Waals surface area contributed by atoms with Gasteiger partial charge in [0, 0.05) is 27.3 Å². The standard InChI is InChI=1S/C28H39ClN6O5S/c1-19-15-21(19)18-34(11-13-38-3)23-16-22(24(29)25(31-23)35(12-14-39-4)41(5,36)37)26-32-33-27(40-26)28(2,30)17-20-9-7-6-8-10-20/h6-10,16,19,21H,11-15,17-18,30H2,1-5H3/t19?,21?,28-/m1/s1. The van der Waals surface area contributed by atoms with Crippen LogP contribution in [0.3, 0.4) is 0 Å². The van der Waals surface area contributed by atoms with Gasteiger partial charge >= 0.3 is 0 Å². The minimum absolute atomic E-state index is 0.0235. The van der Waals surface area contributed by atoms with Crippen molar-refractivity contribution in [3.05, 3.63) is 52.9 Å². The highest BCUT2D eigenvalue weighted by molar-refractivity contribution is 7.92. The molecule has 1 aromatic carbocycles. The smallest absolute Gasteiger partial charge is 0.249 e. The molecule has 2 aromatic heterocycles. The maximum atomic E-state index is 12.9. The first kappa shape index (κ1) is 31.2. The fourth-order valence-electron chi connectivity index (χ4n) is 4.68. The largest absolute Gasteiger partial charge is 0.419 e. The van der Waals surface area contributed by atoms with Crippen molar-refractivity contribution in [2.75, 3.05) is 62.5 Å². The van der Waals surface area contributed by atoms with Gasteiger partial charge in [-0.15, -0.1) is 10.2 Å². The topological polar surface area (TPSA) is 137 Å². The molecule has 1 aliphatic carbocycles. The zero-order valence-electron chi connectivity index (χ0n) is 24.2. The first-order chi connectivity index (χ1) is 19.4. The zero-order valence-corrected chi connectivity index (χ0v) is 25.8. The van der Waals surface area contributed by atoms with E-state index in [4.69, 9.17) is 36.2 Å². The summed E-state index contributed by atoms with van der Waals surface area (Å²) in [5.74, 6) is 2.04. The lowest BCUT2D eigenvalue weighted by molar-refractivity contribution is 0.204. The fraction of sp³-hybridized carbons (Fsp3) is 0.536. The van der Waals surface area contributed by atoms with E-state index >= 15 is 0 Å². The number of halogens is 1. The molecule has 224 valence electrons. The summed E-state index contributed by atoms with van der Waals surface area (Å²) in [6.45, 7) is 5.95. The van der Waals surface area contributed by atoms with E-state index in [1.807, 2.05) is 37.3 Å². The van der Waals surface area contributed by atoms with Crippen molar-refractivity contribution in [2.45, 2.75) is 32.2 Å². The number of hydrogen-bond donors (Lipinski definition) is 1. The van der Waals surface area contributed by atoms with E-state index in [9.17, 15) is 8.42 Å². The highest BCUT2D eigenvalue weighted by atomic mass is 35.5. The van der Waals surface area contributed by atoms with Crippen molar-refractivity contribution in [3.8, 4) is 11.5 Å². The molecule has 0 spiro atoms. The number of nitrogens with zero attached hydrogens (tertiary/aromatic N) is 5. The summed E-state index contributed by atoms with van der Waals surface area (Å²) in [5, 5.41) is 8.61. The van der Waals surface area contributed by atoms with Crippen LogP contribution in [0.5, 0.6) is 0 Å². The third-order valence-electron chi connectivity index (χ3n) is 7.24. The number of benzene rings is 1. The molecule has 0 aliphatic heterocycles. The van der Waals surface area contributed by atoms with Gasteiger partial charge in [-0.2, -0.15) is 0 Å². The molecule has 1 fully saturated rings. The molecule has 41 heavy (non-hydrogen) atoms. The van der Waals surface area contributed by atoms with Crippen molar-refractivity contribution >= 4 is 33.3 Å². The summed E-state index contributed by atoms with van der Waals surface area (Å²) in [6, 6.07) is 11.5. The second kappa shape index (κ2) is 13.0. The van der Waals surface area contributed by atoms with E-state index < -0.39 is 15.6 Å². The number of nitrogens with two attached hydrogens (primary N) is 1. The van der Waals surface area contributed by atoms with Crippen molar-refractivity contribution < 1.29 is 22.3 Å². The van der Waals surface area contributed by atoms with Crippen LogP contribution in [0, 0.1) is 11.8 Å². The van der Waals surface area contributed by atoms with Crippen LogP contribution >= 0.6 is 11.6 Å². The van der Waals surface area contributed by atoms with E-state index in [-0.39, 0.29) is 35.8 Å². The highest BCUT2D eigenvalue weighted by Gasteiger charge is 2.36. The molecule has 3 atom stereocenters. The van der Waals surface area contributed by atoms with Gasteiger partial charge in [-0.05, 0) is 43.2 Å². The molecule has 4 rings (SSSR count). The van der Waals surface area contributed by atoms with E-state index in [0.29, 0.717) is 42.8 Å². The third kappa shape index (κ3) is 7.75. The third-order valence-corrected chi connectivity index (χ3v) is 8.77. The number of sulfonamides is 1. The van der Waals surface area contributed by atoms with Crippen molar-refractivity contribution in [2.24, 2.45) is 17.6 Å². The summed E-state index contributed by atoms with van der Waals surface area (Å²) in [4.78, 5) is 6.84. The Bertz CT molecular complexity index is 1420. The Morgan fingerprint density at radius 2 is 1.80 bits per heavy atom. The van der Waals surface area contributed by atoms with Crippen molar-refractivity contribution in [1.82, 2.24) is 15.2 Å². The number of hydrogen-bond acceptors (Lipinski definition) is 10. The summed E-state index contributed by atoms with van der Waals surface area (Å²) in [7, 11) is -0.628. The van der Waals surface area contributed by atoms with Crippen molar-refractivity contribution in [1.29, 1.82) is 0 Å². The minimum Gasteiger partial charge on any atom is -0.419 e. The Balaban J connectivity index is 1.80. The van der Waals surface area contributed by atoms with Crippen LogP contribution in [-0.2, 0) is 31.5 Å². The van der Waals surface area contributed by atoms with E-state index in [1.54, 1.807) is 13.2 Å². The molecule has 13 heteroatoms. The number of aromatic nitrogens is 3. The first-order valence-electron chi connectivity index (χ1n) is 13.5. The van der Waals surface area contributed by atoms with Gasteiger partial charge in [0.1, 0.15) is 5.82 Å². The van der Waals surface area contributed by atoms with E-state index in [2.05, 4.69) is 22.0 Å². The maximum absolute atomic E-state index is 12.9. The van der Waals surface area contributed by atoms with Crippen LogP contribution in [0.15, 0.2) is 40.8 Å². The first-order valence-corrected chi connectivity index (χ1v) is 15.8. The van der Waals surface area contributed by atoms with Gasteiger partial charge in [0.05, 0.1) is 42.1 Å². The quantitative estimate of drug-likeness (QED) is 0.272. The number of anilines is 2. The lowest BCUT2D eigenvalue weighted by Gasteiger charge is -2.28. The van der Waals surface area contributed by atoms with Crippen LogP contribution in [0.4, 0.5) is 11.6 Å². The molecule has 2 N–H and O–H groups in total. The Kier molecular flexibility index (Phi) is 9.91. The average Bonchev–Trinajstić information content (AvgIpc) is 3.38. The molecule has 2 heterocycles. The zero-order chi connectivity index (χ0) is 29.8. The second-order valence-corrected chi connectivity index (χ2v) is 13.2. The molecule has 3 aromatic rings. The predicted octanol–water partition coefficient (Wildman–Crippen LogP) is 3.72. The van der Waals surface area contributed by atoms with Gasteiger partial charge in [-0.1, -0.05) is 48.9 Å². The fourth-order valence-corrected chi connectivity index (χ4v) is 5.87. The van der Waals surface area contributed by atoms with Gasteiger partial charge in [0.25, 0.3) is 0 Å². The molecule has 1 aliphatic rings. The molecular formula is C28H39ClN6O5S. The van der Waals surface area contributed by atoms with Crippen LogP contribution in [0.1, 0.15) is 31.7 Å². The minimum atomic E-state index is -3.77. The summed E-state index contributed by atoms with van der Waals surface area (Å²) >= 11 is 6.89. The number of pyridine rings is 1. The summed E-state index contributed by atoms with van der Waals surface area (Å²) in [5.41, 5.74) is 7.06. The summed E-state index contributed by atoms with van der Waals surface area (Å²) in [6.07, 6.45) is 2.69. The molecule has 0 bridgehead atoms. The molecule has 11 nitrogen and oxygen atoms in total. The monoisotopic (exact) mass is 606 g/mol. The Hall–Kier alpha value is -2.77. The van der Waals surface area contributed by atoms with Gasteiger partial charge in [0.15, 0.2) is 5.82 Å². The maximum Gasteiger partial charge on any atom is 0.249 e. The van der Waals surface area contributed by atoms with Gasteiger partial charge in [-0.25, -0.2) is 13.4 Å².